The summed E-state index contributed by atoms with van der Waals surface area (Å²) < 4.78 is 0. The molecule has 2 N–H and O–H groups in total. The molecule has 1 heterocycles. The molecule has 26 heavy (non-hydrogen) atoms. The molecule has 148 valence electrons. The van der Waals surface area contributed by atoms with Crippen LogP contribution >= 0.6 is 0 Å². The Morgan fingerprint density at radius 3 is 2.42 bits per heavy atom. The quantitative estimate of drug-likeness (QED) is 0.780. The molecule has 1 aliphatic heterocycles. The summed E-state index contributed by atoms with van der Waals surface area (Å²) >= 11 is 0. The number of nitrogens with one attached hydrogen (secondary N) is 1. The Kier molecular flexibility index (Phi) is 6.89. The van der Waals surface area contributed by atoms with Gasteiger partial charge in [-0.2, -0.15) is 0 Å². The summed E-state index contributed by atoms with van der Waals surface area (Å²) in [6.45, 7) is 5.68. The zero-order chi connectivity index (χ0) is 19.3. The number of urea groups is 1. The van der Waals surface area contributed by atoms with E-state index in [1.165, 1.54) is 4.90 Å². The van der Waals surface area contributed by atoms with Gasteiger partial charge < -0.3 is 20.2 Å². The molecule has 2 aliphatic rings. The maximum Gasteiger partial charge on any atom is 0.329 e. The Morgan fingerprint density at radius 1 is 1.19 bits per heavy atom. The molecule has 2 fully saturated rings. The van der Waals surface area contributed by atoms with Crippen molar-refractivity contribution in [2.45, 2.75) is 64.3 Å². The molecule has 1 aliphatic carbocycles. The summed E-state index contributed by atoms with van der Waals surface area (Å²) in [6.07, 6.45) is 5.17. The number of likely N-dealkylation sites (tertiary alicyclic amines) is 1. The number of amides is 3. The largest absolute Gasteiger partial charge is 0.479 e. The maximum absolute atomic E-state index is 13.0. The second-order valence-corrected chi connectivity index (χ2v) is 8.16. The molecule has 7 heteroatoms. The van der Waals surface area contributed by atoms with Crippen molar-refractivity contribution in [3.63, 3.8) is 0 Å². The number of hydrogen-bond acceptors (Lipinski definition) is 3. The van der Waals surface area contributed by atoms with Gasteiger partial charge in [0.1, 0.15) is 5.54 Å². The molecule has 0 aromatic rings. The van der Waals surface area contributed by atoms with E-state index in [9.17, 15) is 19.5 Å². The van der Waals surface area contributed by atoms with E-state index in [0.29, 0.717) is 44.8 Å². The van der Waals surface area contributed by atoms with Gasteiger partial charge in [-0.15, -0.1) is 0 Å². The summed E-state index contributed by atoms with van der Waals surface area (Å²) in [4.78, 5) is 40.5. The molecule has 1 atom stereocenters. The smallest absolute Gasteiger partial charge is 0.329 e. The minimum atomic E-state index is -1.09. The molecule has 0 spiro atoms. The van der Waals surface area contributed by atoms with Crippen molar-refractivity contribution < 1.29 is 19.5 Å². The average molecular weight is 367 g/mol. The van der Waals surface area contributed by atoms with Crippen molar-refractivity contribution in [3.05, 3.63) is 0 Å². The van der Waals surface area contributed by atoms with E-state index in [-0.39, 0.29) is 17.9 Å². The van der Waals surface area contributed by atoms with Crippen molar-refractivity contribution in [3.8, 4) is 0 Å². The number of likely N-dealkylation sites (N-methyl/N-ethyl adjacent to an activating group) is 1. The Balaban J connectivity index is 2.03. The fraction of sp³-hybridized carbons (Fsp3) is 0.842. The molecule has 1 unspecified atom stereocenters. The van der Waals surface area contributed by atoms with Crippen LogP contribution in [0.2, 0.25) is 0 Å². The van der Waals surface area contributed by atoms with Gasteiger partial charge in [0, 0.05) is 26.7 Å². The van der Waals surface area contributed by atoms with Crippen LogP contribution in [-0.4, -0.2) is 65.0 Å². The van der Waals surface area contributed by atoms with Crippen molar-refractivity contribution >= 4 is 17.9 Å². The molecule has 7 nitrogen and oxygen atoms in total. The minimum Gasteiger partial charge on any atom is -0.479 e. The van der Waals surface area contributed by atoms with Crippen LogP contribution in [0.25, 0.3) is 0 Å². The molecule has 0 radical (unpaired) electrons. The third kappa shape index (κ3) is 4.48. The van der Waals surface area contributed by atoms with Crippen LogP contribution in [0.3, 0.4) is 0 Å². The van der Waals surface area contributed by atoms with Crippen molar-refractivity contribution in [1.82, 2.24) is 15.1 Å². The Hall–Kier alpha value is -1.79. The van der Waals surface area contributed by atoms with E-state index in [1.54, 1.807) is 11.9 Å². The molecule has 1 saturated heterocycles. The predicted octanol–water partition coefficient (Wildman–Crippen LogP) is 2.31. The Bertz CT molecular complexity index is 529. The monoisotopic (exact) mass is 367 g/mol. The highest BCUT2D eigenvalue weighted by Crippen LogP contribution is 2.35. The van der Waals surface area contributed by atoms with Crippen molar-refractivity contribution in [2.24, 2.45) is 11.8 Å². The zero-order valence-electron chi connectivity index (χ0n) is 16.3. The molecule has 3 amide bonds. The van der Waals surface area contributed by atoms with Crippen LogP contribution in [0.1, 0.15) is 58.8 Å². The summed E-state index contributed by atoms with van der Waals surface area (Å²) in [7, 11) is 1.62. The minimum absolute atomic E-state index is 0.135. The summed E-state index contributed by atoms with van der Waals surface area (Å²) in [5.41, 5.74) is -1.09. The standard InChI is InChI=1S/C19H33N3O4/c1-14(2)12-20-18(26)22-11-7-8-15(13-22)16(23)21(3)19(17(24)25)9-5-4-6-10-19/h14-15H,4-13H2,1-3H3,(H,20,26)(H,24,25). The van der Waals surface area contributed by atoms with Gasteiger partial charge in [0.05, 0.1) is 5.92 Å². The van der Waals surface area contributed by atoms with E-state index in [4.69, 9.17) is 0 Å². The van der Waals surface area contributed by atoms with E-state index < -0.39 is 11.5 Å². The Labute approximate surface area is 156 Å². The first kappa shape index (κ1) is 20.5. The molecule has 0 aromatic heterocycles. The zero-order valence-corrected chi connectivity index (χ0v) is 16.3. The van der Waals surface area contributed by atoms with Crippen LogP contribution in [-0.2, 0) is 9.59 Å². The van der Waals surface area contributed by atoms with E-state index >= 15 is 0 Å². The van der Waals surface area contributed by atoms with E-state index in [1.807, 2.05) is 13.8 Å². The molecule has 0 aromatic carbocycles. The third-order valence-electron chi connectivity index (χ3n) is 5.77. The van der Waals surface area contributed by atoms with Crippen LogP contribution in [0, 0.1) is 11.8 Å². The number of carboxylic acids is 1. The molecular weight excluding hydrogens is 334 g/mol. The number of carbonyl (C=O) groups is 3. The SMILES string of the molecule is CC(C)CNC(=O)N1CCCC(C(=O)N(C)C2(C(=O)O)CCCCC2)C1. The van der Waals surface area contributed by atoms with Crippen LogP contribution in [0.4, 0.5) is 4.79 Å². The molecular formula is C19H33N3O4. The number of hydrogen-bond donors (Lipinski definition) is 2. The van der Waals surface area contributed by atoms with Crippen LogP contribution in [0.15, 0.2) is 0 Å². The number of nitrogens with zero attached hydrogens (tertiary/aromatic N) is 2. The van der Waals surface area contributed by atoms with Gasteiger partial charge in [0.15, 0.2) is 0 Å². The fourth-order valence-corrected chi connectivity index (χ4v) is 4.08. The lowest BCUT2D eigenvalue weighted by Gasteiger charge is -2.43. The van der Waals surface area contributed by atoms with Crippen molar-refractivity contribution in [2.75, 3.05) is 26.7 Å². The predicted molar refractivity (Wildman–Crippen MR) is 98.8 cm³/mol. The Morgan fingerprint density at radius 2 is 1.85 bits per heavy atom. The number of piperidine rings is 1. The highest BCUT2D eigenvalue weighted by molar-refractivity contribution is 5.88. The first-order valence-corrected chi connectivity index (χ1v) is 9.82. The number of carboxylic acid groups (broad SMARTS) is 1. The van der Waals surface area contributed by atoms with Crippen LogP contribution < -0.4 is 5.32 Å². The first-order valence-electron chi connectivity index (χ1n) is 9.82. The van der Waals surface area contributed by atoms with Crippen LogP contribution in [0.5, 0.6) is 0 Å². The van der Waals surface area contributed by atoms with Gasteiger partial charge in [-0.1, -0.05) is 33.1 Å². The van der Waals surface area contributed by atoms with Gasteiger partial charge in [0.2, 0.25) is 5.91 Å². The highest BCUT2D eigenvalue weighted by Gasteiger charge is 2.47. The highest BCUT2D eigenvalue weighted by atomic mass is 16.4. The van der Waals surface area contributed by atoms with Gasteiger partial charge in [-0.25, -0.2) is 9.59 Å². The summed E-state index contributed by atoms with van der Waals surface area (Å²) in [5.74, 6) is -1.00. The third-order valence-corrected chi connectivity index (χ3v) is 5.77. The topological polar surface area (TPSA) is 90.0 Å². The van der Waals surface area contributed by atoms with Crippen molar-refractivity contribution in [1.29, 1.82) is 0 Å². The maximum atomic E-state index is 13.0. The lowest BCUT2D eigenvalue weighted by molar-refractivity contribution is -0.162. The molecule has 2 rings (SSSR count). The lowest BCUT2D eigenvalue weighted by Crippen LogP contribution is -2.59. The lowest BCUT2D eigenvalue weighted by atomic mass is 9.79. The molecule has 0 bridgehead atoms. The van der Waals surface area contributed by atoms with E-state index in [0.717, 1.165) is 25.7 Å². The summed E-state index contributed by atoms with van der Waals surface area (Å²) in [5, 5.41) is 12.7. The fourth-order valence-electron chi connectivity index (χ4n) is 4.08. The van der Waals surface area contributed by atoms with Gasteiger partial charge >= 0.3 is 12.0 Å². The number of rotatable bonds is 5. The van der Waals surface area contributed by atoms with Gasteiger partial charge in [-0.05, 0) is 31.6 Å². The molecule has 1 saturated carbocycles. The van der Waals surface area contributed by atoms with Gasteiger partial charge in [-0.3, -0.25) is 4.79 Å². The average Bonchev–Trinajstić information content (AvgIpc) is 2.65. The van der Waals surface area contributed by atoms with Gasteiger partial charge in [0.25, 0.3) is 0 Å². The number of aliphatic carboxylic acids is 1. The number of carbonyl (C=O) groups excluding carboxylic acids is 2. The summed E-state index contributed by atoms with van der Waals surface area (Å²) in [6, 6.07) is -0.135. The first-order chi connectivity index (χ1) is 12.3. The second-order valence-electron chi connectivity index (χ2n) is 8.16. The normalized spacial score (nSPS) is 22.8. The second kappa shape index (κ2) is 8.73. The van der Waals surface area contributed by atoms with E-state index in [2.05, 4.69) is 5.32 Å².